The van der Waals surface area contributed by atoms with Gasteiger partial charge in [0.15, 0.2) is 15.6 Å². The number of ether oxygens (including phenoxy) is 1. The number of ketones is 1. The first-order chi connectivity index (χ1) is 10.7. The number of benzene rings is 1. The van der Waals surface area contributed by atoms with Crippen molar-refractivity contribution in [1.29, 1.82) is 0 Å². The summed E-state index contributed by atoms with van der Waals surface area (Å²) in [6, 6.07) is 6.29. The van der Waals surface area contributed by atoms with Crippen LogP contribution in [0, 0.1) is 18.8 Å². The summed E-state index contributed by atoms with van der Waals surface area (Å²) in [5.74, 6) is -2.90. The van der Waals surface area contributed by atoms with Gasteiger partial charge in [-0.1, -0.05) is 31.5 Å². The van der Waals surface area contributed by atoms with E-state index in [1.807, 2.05) is 20.8 Å². The van der Waals surface area contributed by atoms with Gasteiger partial charge in [0.25, 0.3) is 0 Å². The van der Waals surface area contributed by atoms with E-state index in [1.54, 1.807) is 19.1 Å². The van der Waals surface area contributed by atoms with Crippen molar-refractivity contribution in [3.8, 4) is 0 Å². The van der Waals surface area contributed by atoms with Gasteiger partial charge in [-0.05, 0) is 38.3 Å². The van der Waals surface area contributed by atoms with Crippen LogP contribution >= 0.6 is 0 Å². The van der Waals surface area contributed by atoms with Gasteiger partial charge in [-0.3, -0.25) is 9.59 Å². The van der Waals surface area contributed by atoms with Crippen molar-refractivity contribution < 1.29 is 22.7 Å². The van der Waals surface area contributed by atoms with Crippen LogP contribution in [-0.4, -0.2) is 32.5 Å². The lowest BCUT2D eigenvalue weighted by molar-refractivity contribution is -0.151. The minimum atomic E-state index is -3.76. The van der Waals surface area contributed by atoms with Crippen LogP contribution in [0.15, 0.2) is 29.2 Å². The van der Waals surface area contributed by atoms with Crippen molar-refractivity contribution in [1.82, 2.24) is 0 Å². The van der Waals surface area contributed by atoms with Gasteiger partial charge in [0.1, 0.15) is 11.7 Å². The Morgan fingerprint density at radius 3 is 2.17 bits per heavy atom. The minimum Gasteiger partial charge on any atom is -0.465 e. The molecule has 0 spiro atoms. The van der Waals surface area contributed by atoms with Crippen molar-refractivity contribution >= 4 is 21.6 Å². The molecule has 0 aromatic heterocycles. The fourth-order valence-electron chi connectivity index (χ4n) is 2.19. The summed E-state index contributed by atoms with van der Waals surface area (Å²) in [5.41, 5.74) is 0.930. The molecule has 1 unspecified atom stereocenters. The molecule has 0 saturated heterocycles. The fourth-order valence-corrected chi connectivity index (χ4v) is 3.48. The number of carbonyl (C=O) groups excluding carboxylic acids is 2. The van der Waals surface area contributed by atoms with Gasteiger partial charge >= 0.3 is 5.97 Å². The van der Waals surface area contributed by atoms with Crippen LogP contribution in [0.25, 0.3) is 0 Å². The van der Waals surface area contributed by atoms with E-state index in [0.29, 0.717) is 0 Å². The molecule has 1 aromatic rings. The molecule has 0 aliphatic carbocycles. The third-order valence-corrected chi connectivity index (χ3v) is 5.03. The molecule has 5 nitrogen and oxygen atoms in total. The minimum absolute atomic E-state index is 0.0791. The summed E-state index contributed by atoms with van der Waals surface area (Å²) in [6.07, 6.45) is 0.279. The predicted molar refractivity (Wildman–Crippen MR) is 87.8 cm³/mol. The average Bonchev–Trinajstić information content (AvgIpc) is 2.44. The third-order valence-electron chi connectivity index (χ3n) is 3.38. The monoisotopic (exact) mass is 340 g/mol. The molecule has 1 aromatic carbocycles. The van der Waals surface area contributed by atoms with E-state index in [4.69, 9.17) is 4.74 Å². The molecule has 0 aliphatic rings. The van der Waals surface area contributed by atoms with Gasteiger partial charge in [-0.2, -0.15) is 0 Å². The lowest BCUT2D eigenvalue weighted by Gasteiger charge is -2.16. The number of aryl methyl sites for hydroxylation is 1. The van der Waals surface area contributed by atoms with Gasteiger partial charge in [0.05, 0.1) is 11.5 Å². The maximum Gasteiger partial charge on any atom is 0.316 e. The van der Waals surface area contributed by atoms with Gasteiger partial charge < -0.3 is 4.74 Å². The van der Waals surface area contributed by atoms with Crippen molar-refractivity contribution in [3.63, 3.8) is 0 Å². The molecule has 0 heterocycles. The van der Waals surface area contributed by atoms with Crippen LogP contribution < -0.4 is 0 Å². The molecule has 0 bridgehead atoms. The van der Waals surface area contributed by atoms with Crippen LogP contribution in [0.1, 0.15) is 32.8 Å². The standard InChI is InChI=1S/C17H24O5S/c1-5-22-17(19)15(10-12(2)3)16(18)11-23(20,21)14-8-6-13(4)7-9-14/h6-9,12,15H,5,10-11H2,1-4H3. The highest BCUT2D eigenvalue weighted by Gasteiger charge is 2.32. The molecule has 0 fully saturated rings. The fraction of sp³-hybridized carbons (Fsp3) is 0.529. The molecular weight excluding hydrogens is 316 g/mol. The summed E-state index contributed by atoms with van der Waals surface area (Å²) in [5, 5.41) is 0. The highest BCUT2D eigenvalue weighted by atomic mass is 32.2. The van der Waals surface area contributed by atoms with E-state index >= 15 is 0 Å². The maximum atomic E-state index is 12.4. The van der Waals surface area contributed by atoms with Crippen molar-refractivity contribution in [2.24, 2.45) is 11.8 Å². The Balaban J connectivity index is 2.96. The zero-order valence-electron chi connectivity index (χ0n) is 14.0. The molecule has 1 atom stereocenters. The lowest BCUT2D eigenvalue weighted by atomic mass is 9.94. The summed E-state index contributed by atoms with van der Waals surface area (Å²) in [7, 11) is -3.76. The Bertz CT molecular complexity index is 644. The van der Waals surface area contributed by atoms with Gasteiger partial charge in [-0.15, -0.1) is 0 Å². The second-order valence-corrected chi connectivity index (χ2v) is 7.96. The van der Waals surface area contributed by atoms with Crippen molar-refractivity contribution in [2.75, 3.05) is 12.4 Å². The average molecular weight is 340 g/mol. The molecular formula is C17H24O5S. The number of Topliss-reactive ketones (excluding diaryl/α,β-unsaturated/α-hetero) is 1. The summed E-state index contributed by atoms with van der Waals surface area (Å²) < 4.78 is 29.6. The lowest BCUT2D eigenvalue weighted by Crippen LogP contribution is -2.32. The van der Waals surface area contributed by atoms with Gasteiger partial charge in [-0.25, -0.2) is 8.42 Å². The number of esters is 1. The van der Waals surface area contributed by atoms with Crippen LogP contribution in [0.2, 0.25) is 0 Å². The molecule has 0 N–H and O–H groups in total. The second kappa shape index (κ2) is 8.24. The van der Waals surface area contributed by atoms with Gasteiger partial charge in [0.2, 0.25) is 0 Å². The zero-order chi connectivity index (χ0) is 17.6. The summed E-state index contributed by atoms with van der Waals surface area (Å²) in [4.78, 5) is 24.4. The quantitative estimate of drug-likeness (QED) is 0.537. The first-order valence-electron chi connectivity index (χ1n) is 7.66. The molecule has 0 radical (unpaired) electrons. The Kier molecular flexibility index (Phi) is 6.94. The highest BCUT2D eigenvalue weighted by Crippen LogP contribution is 2.19. The zero-order valence-corrected chi connectivity index (χ0v) is 14.9. The second-order valence-electron chi connectivity index (χ2n) is 5.97. The van der Waals surface area contributed by atoms with E-state index in [9.17, 15) is 18.0 Å². The first kappa shape index (κ1) is 19.4. The van der Waals surface area contributed by atoms with E-state index in [0.717, 1.165) is 5.56 Å². The van der Waals surface area contributed by atoms with Crippen LogP contribution in [0.4, 0.5) is 0 Å². The number of rotatable bonds is 8. The topological polar surface area (TPSA) is 77.5 Å². The molecule has 1 rings (SSSR count). The largest absolute Gasteiger partial charge is 0.465 e. The normalized spacial score (nSPS) is 12.9. The summed E-state index contributed by atoms with van der Waals surface area (Å²) >= 11 is 0. The number of sulfone groups is 1. The number of carbonyl (C=O) groups is 2. The maximum absolute atomic E-state index is 12.4. The Morgan fingerprint density at radius 2 is 1.70 bits per heavy atom. The molecule has 0 saturated carbocycles. The van der Waals surface area contributed by atoms with E-state index in [-0.39, 0.29) is 23.8 Å². The Morgan fingerprint density at radius 1 is 1.13 bits per heavy atom. The molecule has 23 heavy (non-hydrogen) atoms. The number of hydrogen-bond donors (Lipinski definition) is 0. The van der Waals surface area contributed by atoms with E-state index in [2.05, 4.69) is 0 Å². The van der Waals surface area contributed by atoms with Crippen molar-refractivity contribution in [3.05, 3.63) is 29.8 Å². The summed E-state index contributed by atoms with van der Waals surface area (Å²) in [6.45, 7) is 7.40. The van der Waals surface area contributed by atoms with Crippen LogP contribution in [0.3, 0.4) is 0 Å². The number of hydrogen-bond acceptors (Lipinski definition) is 5. The predicted octanol–water partition coefficient (Wildman–Crippen LogP) is 2.56. The highest BCUT2D eigenvalue weighted by molar-refractivity contribution is 7.92. The van der Waals surface area contributed by atoms with E-state index in [1.165, 1.54) is 12.1 Å². The van der Waals surface area contributed by atoms with Crippen molar-refractivity contribution in [2.45, 2.75) is 39.0 Å². The van der Waals surface area contributed by atoms with Crippen LogP contribution in [0.5, 0.6) is 0 Å². The molecule has 6 heteroatoms. The Labute approximate surface area is 138 Å². The van der Waals surface area contributed by atoms with Crippen LogP contribution in [-0.2, 0) is 24.2 Å². The SMILES string of the molecule is CCOC(=O)C(CC(C)C)C(=O)CS(=O)(=O)c1ccc(C)cc1. The first-order valence-corrected chi connectivity index (χ1v) is 9.31. The molecule has 128 valence electrons. The smallest absolute Gasteiger partial charge is 0.316 e. The molecule has 0 aliphatic heterocycles. The van der Waals surface area contributed by atoms with E-state index < -0.39 is 33.3 Å². The third kappa shape index (κ3) is 5.78. The van der Waals surface area contributed by atoms with Gasteiger partial charge in [0, 0.05) is 0 Å². The Hall–Kier alpha value is -1.69. The molecule has 0 amide bonds.